The van der Waals surface area contributed by atoms with Crippen LogP contribution in [-0.2, 0) is 4.79 Å². The van der Waals surface area contributed by atoms with Crippen LogP contribution >= 0.6 is 11.6 Å². The van der Waals surface area contributed by atoms with Crippen molar-refractivity contribution in [1.82, 2.24) is 4.90 Å². The molecule has 1 aliphatic rings. The minimum absolute atomic E-state index is 0.0756. The Morgan fingerprint density at radius 2 is 2.17 bits per heavy atom. The first-order valence-corrected chi connectivity index (χ1v) is 6.42. The van der Waals surface area contributed by atoms with E-state index in [2.05, 4.69) is 4.90 Å². The second-order valence-electron chi connectivity index (χ2n) is 4.62. The first-order chi connectivity index (χ1) is 8.61. The molecule has 3 N–H and O–H groups in total. The van der Waals surface area contributed by atoms with Crippen molar-refractivity contribution >= 4 is 17.6 Å². The fourth-order valence-corrected chi connectivity index (χ4v) is 2.58. The van der Waals surface area contributed by atoms with Gasteiger partial charge in [0.15, 0.2) is 0 Å². The lowest BCUT2D eigenvalue weighted by Crippen LogP contribution is -2.32. The van der Waals surface area contributed by atoms with Gasteiger partial charge in [0.05, 0.1) is 5.92 Å². The van der Waals surface area contributed by atoms with Crippen molar-refractivity contribution < 1.29 is 9.90 Å². The molecule has 0 aromatic heterocycles. The average molecular weight is 269 g/mol. The third-order valence-electron chi connectivity index (χ3n) is 3.49. The molecule has 18 heavy (non-hydrogen) atoms. The van der Waals surface area contributed by atoms with Crippen molar-refractivity contribution in [1.29, 1.82) is 0 Å². The maximum Gasteiger partial charge on any atom is 0.307 e. The molecule has 4 nitrogen and oxygen atoms in total. The minimum atomic E-state index is -0.718. The van der Waals surface area contributed by atoms with E-state index in [0.717, 1.165) is 12.1 Å². The summed E-state index contributed by atoms with van der Waals surface area (Å²) in [5, 5.41) is 9.71. The highest BCUT2D eigenvalue weighted by molar-refractivity contribution is 6.30. The Labute approximate surface area is 111 Å². The lowest BCUT2D eigenvalue weighted by atomic mass is 10.1. The zero-order chi connectivity index (χ0) is 13.1. The van der Waals surface area contributed by atoms with Gasteiger partial charge in [-0.1, -0.05) is 23.7 Å². The summed E-state index contributed by atoms with van der Waals surface area (Å²) in [6.07, 6.45) is 0.694. The normalized spacial score (nSPS) is 22.0. The smallest absolute Gasteiger partial charge is 0.307 e. The van der Waals surface area contributed by atoms with E-state index in [-0.39, 0.29) is 12.0 Å². The van der Waals surface area contributed by atoms with Gasteiger partial charge in [0, 0.05) is 24.2 Å². The summed E-state index contributed by atoms with van der Waals surface area (Å²) in [6, 6.07) is 7.66. The zero-order valence-electron chi connectivity index (χ0n) is 10.1. The van der Waals surface area contributed by atoms with Crippen LogP contribution in [0.25, 0.3) is 0 Å². The number of nitrogens with two attached hydrogens (primary N) is 1. The SMILES string of the molecule is NCC(c1ccc(Cl)cc1)N1CCC(C(=O)O)C1. The van der Waals surface area contributed by atoms with Crippen LogP contribution < -0.4 is 5.73 Å². The number of carbonyl (C=O) groups is 1. The number of rotatable bonds is 4. The number of carboxylic acid groups (broad SMARTS) is 1. The molecule has 1 aromatic rings. The Hall–Kier alpha value is -1.10. The van der Waals surface area contributed by atoms with Gasteiger partial charge in [-0.25, -0.2) is 0 Å². The minimum Gasteiger partial charge on any atom is -0.481 e. The van der Waals surface area contributed by atoms with E-state index in [1.807, 2.05) is 24.3 Å². The Morgan fingerprint density at radius 1 is 1.50 bits per heavy atom. The predicted molar refractivity (Wildman–Crippen MR) is 70.6 cm³/mol. The molecule has 1 aliphatic heterocycles. The van der Waals surface area contributed by atoms with Gasteiger partial charge in [0.2, 0.25) is 0 Å². The summed E-state index contributed by atoms with van der Waals surface area (Å²) in [5.41, 5.74) is 6.91. The second kappa shape index (κ2) is 5.69. The molecule has 0 saturated carbocycles. The molecule has 1 saturated heterocycles. The van der Waals surface area contributed by atoms with Gasteiger partial charge in [-0.15, -0.1) is 0 Å². The average Bonchev–Trinajstić information content (AvgIpc) is 2.82. The number of carboxylic acids is 1. The Bertz CT molecular complexity index is 422. The highest BCUT2D eigenvalue weighted by Gasteiger charge is 2.32. The van der Waals surface area contributed by atoms with Gasteiger partial charge in [0.25, 0.3) is 0 Å². The second-order valence-corrected chi connectivity index (χ2v) is 5.06. The molecule has 0 bridgehead atoms. The molecule has 1 fully saturated rings. The van der Waals surface area contributed by atoms with Crippen LogP contribution in [0, 0.1) is 5.92 Å². The van der Waals surface area contributed by atoms with E-state index in [1.54, 1.807) is 0 Å². The molecule has 0 amide bonds. The van der Waals surface area contributed by atoms with Crippen LogP contribution in [0.1, 0.15) is 18.0 Å². The van der Waals surface area contributed by atoms with Crippen molar-refractivity contribution in [3.8, 4) is 0 Å². The number of benzene rings is 1. The molecular weight excluding hydrogens is 252 g/mol. The van der Waals surface area contributed by atoms with Crippen molar-refractivity contribution in [3.05, 3.63) is 34.9 Å². The molecular formula is C13H17ClN2O2. The van der Waals surface area contributed by atoms with Gasteiger partial charge in [-0.3, -0.25) is 9.69 Å². The fraction of sp³-hybridized carbons (Fsp3) is 0.462. The molecule has 5 heteroatoms. The van der Waals surface area contributed by atoms with Gasteiger partial charge < -0.3 is 10.8 Å². The summed E-state index contributed by atoms with van der Waals surface area (Å²) in [5.74, 6) is -0.990. The van der Waals surface area contributed by atoms with Crippen LogP contribution in [0.5, 0.6) is 0 Å². The predicted octanol–water partition coefficient (Wildman–Crippen LogP) is 1.75. The lowest BCUT2D eigenvalue weighted by Gasteiger charge is -2.26. The Kier molecular flexibility index (Phi) is 4.22. The summed E-state index contributed by atoms with van der Waals surface area (Å²) in [6.45, 7) is 1.83. The number of aliphatic carboxylic acids is 1. The van der Waals surface area contributed by atoms with E-state index < -0.39 is 5.97 Å². The third-order valence-corrected chi connectivity index (χ3v) is 3.74. The van der Waals surface area contributed by atoms with Crippen molar-refractivity contribution in [2.75, 3.05) is 19.6 Å². The standard InChI is InChI=1S/C13H17ClN2O2/c14-11-3-1-9(2-4-11)12(7-15)16-6-5-10(8-16)13(17)18/h1-4,10,12H,5-8,15H2,(H,17,18). The highest BCUT2D eigenvalue weighted by Crippen LogP contribution is 2.27. The molecule has 0 radical (unpaired) electrons. The van der Waals surface area contributed by atoms with Gasteiger partial charge in [0.1, 0.15) is 0 Å². The van der Waals surface area contributed by atoms with Crippen LogP contribution in [0.15, 0.2) is 24.3 Å². The monoisotopic (exact) mass is 268 g/mol. The molecule has 0 aliphatic carbocycles. The molecule has 2 rings (SSSR count). The number of hydrogen-bond donors (Lipinski definition) is 2. The highest BCUT2D eigenvalue weighted by atomic mass is 35.5. The van der Waals surface area contributed by atoms with Crippen LogP contribution in [-0.4, -0.2) is 35.6 Å². The van der Waals surface area contributed by atoms with Crippen molar-refractivity contribution in [2.24, 2.45) is 11.7 Å². The van der Waals surface area contributed by atoms with Crippen LogP contribution in [0.4, 0.5) is 0 Å². The maximum absolute atomic E-state index is 11.0. The third kappa shape index (κ3) is 2.83. The summed E-state index contributed by atoms with van der Waals surface area (Å²) in [7, 11) is 0. The fourth-order valence-electron chi connectivity index (χ4n) is 2.45. The van der Waals surface area contributed by atoms with E-state index in [0.29, 0.717) is 24.5 Å². The van der Waals surface area contributed by atoms with E-state index in [4.69, 9.17) is 22.4 Å². The van der Waals surface area contributed by atoms with Gasteiger partial charge in [-0.2, -0.15) is 0 Å². The molecule has 2 atom stereocenters. The zero-order valence-corrected chi connectivity index (χ0v) is 10.8. The van der Waals surface area contributed by atoms with Crippen molar-refractivity contribution in [2.45, 2.75) is 12.5 Å². The number of hydrogen-bond acceptors (Lipinski definition) is 3. The van der Waals surface area contributed by atoms with Crippen LogP contribution in [0.2, 0.25) is 5.02 Å². The summed E-state index contributed by atoms with van der Waals surface area (Å²) >= 11 is 5.86. The number of nitrogens with zero attached hydrogens (tertiary/aromatic N) is 1. The van der Waals surface area contributed by atoms with E-state index >= 15 is 0 Å². The van der Waals surface area contributed by atoms with Gasteiger partial charge >= 0.3 is 5.97 Å². The molecule has 98 valence electrons. The van der Waals surface area contributed by atoms with E-state index in [1.165, 1.54) is 0 Å². The first kappa shape index (κ1) is 13.3. The maximum atomic E-state index is 11.0. The lowest BCUT2D eigenvalue weighted by molar-refractivity contribution is -0.141. The van der Waals surface area contributed by atoms with Crippen LogP contribution in [0.3, 0.4) is 0 Å². The van der Waals surface area contributed by atoms with Gasteiger partial charge in [-0.05, 0) is 30.7 Å². The van der Waals surface area contributed by atoms with Crippen molar-refractivity contribution in [3.63, 3.8) is 0 Å². The Balaban J connectivity index is 2.10. The molecule has 0 spiro atoms. The molecule has 1 aromatic carbocycles. The number of halogens is 1. The molecule has 1 heterocycles. The summed E-state index contributed by atoms with van der Waals surface area (Å²) in [4.78, 5) is 13.1. The topological polar surface area (TPSA) is 66.6 Å². The van der Waals surface area contributed by atoms with E-state index in [9.17, 15) is 4.79 Å². The largest absolute Gasteiger partial charge is 0.481 e. The Morgan fingerprint density at radius 3 is 2.67 bits per heavy atom. The number of likely N-dealkylation sites (tertiary alicyclic amines) is 1. The quantitative estimate of drug-likeness (QED) is 0.873. The summed E-state index contributed by atoms with van der Waals surface area (Å²) < 4.78 is 0. The molecule has 2 unspecified atom stereocenters. The first-order valence-electron chi connectivity index (χ1n) is 6.04.